The van der Waals surface area contributed by atoms with E-state index in [0.29, 0.717) is 18.9 Å². The molecule has 2 fully saturated rings. The Balaban J connectivity index is 0.000000213. The van der Waals surface area contributed by atoms with E-state index in [4.69, 9.17) is 33.0 Å². The Kier molecular flexibility index (Phi) is 14.1. The summed E-state index contributed by atoms with van der Waals surface area (Å²) in [5.41, 5.74) is 2.72. The minimum atomic E-state index is -0.567. The van der Waals surface area contributed by atoms with Gasteiger partial charge in [0.1, 0.15) is 6.61 Å². The third-order valence-corrected chi connectivity index (χ3v) is 12.3. The quantitative estimate of drug-likeness (QED) is 0.148. The summed E-state index contributed by atoms with van der Waals surface area (Å²) >= 11 is 15.2. The molecule has 5 heterocycles. The molecule has 0 bridgehead atoms. The minimum absolute atomic E-state index is 0.0632. The molecule has 1 aliphatic heterocycles. The largest absolute Gasteiger partial charge is 0.445 e. The highest BCUT2D eigenvalue weighted by atomic mass is 35.5. The molecule has 1 saturated heterocycles. The Labute approximate surface area is 337 Å². The zero-order valence-electron chi connectivity index (χ0n) is 32.3. The Morgan fingerprint density at radius 1 is 0.778 bits per heavy atom. The van der Waals surface area contributed by atoms with Crippen molar-refractivity contribution in [2.45, 2.75) is 118 Å². The van der Waals surface area contributed by atoms with Gasteiger partial charge in [0.2, 0.25) is 0 Å². The number of amides is 1. The van der Waals surface area contributed by atoms with Crippen molar-refractivity contribution in [2.24, 2.45) is 10.8 Å². The maximum Gasteiger partial charge on any atom is 0.410 e. The van der Waals surface area contributed by atoms with Crippen LogP contribution >= 0.6 is 45.9 Å². The Morgan fingerprint density at radius 3 is 1.74 bits per heavy atom. The lowest BCUT2D eigenvalue weighted by Gasteiger charge is -2.22. The number of halogens is 2. The van der Waals surface area contributed by atoms with Crippen molar-refractivity contribution in [3.05, 3.63) is 90.3 Å². The van der Waals surface area contributed by atoms with Gasteiger partial charge in [-0.3, -0.25) is 14.5 Å². The zero-order chi connectivity index (χ0) is 39.2. The molecule has 1 aliphatic carbocycles. The second-order valence-corrected chi connectivity index (χ2v) is 19.8. The molecule has 13 heteroatoms. The number of rotatable bonds is 10. The van der Waals surface area contributed by atoms with Gasteiger partial charge in [0.05, 0.1) is 26.1 Å². The van der Waals surface area contributed by atoms with Crippen LogP contribution in [-0.2, 0) is 30.4 Å². The number of likely N-dealkylation sites (tertiary alicyclic amines) is 1. The molecular weight excluding hydrogens is 762 g/mol. The number of ether oxygens (including phenoxy) is 1. The molecule has 6 rings (SSSR count). The maximum atomic E-state index is 13.1. The SMILES string of the molecule is C=CCOC(=O)N1CCCC1c1cc(CCc2ccc(Cl)s2)n(C(=O)C(C)(C)C)n1.CC(C)(C)C(=O)n1nc(C2CCCC2)cc1CCc1ccc(Cl)s1. The first-order chi connectivity index (χ1) is 25.5. The maximum absolute atomic E-state index is 13.1. The molecule has 1 amide bonds. The van der Waals surface area contributed by atoms with Gasteiger partial charge in [-0.2, -0.15) is 10.2 Å². The average molecular weight is 815 g/mol. The monoisotopic (exact) mass is 813 g/mol. The van der Waals surface area contributed by atoms with E-state index in [0.717, 1.165) is 68.4 Å². The third kappa shape index (κ3) is 10.7. The van der Waals surface area contributed by atoms with Crippen molar-refractivity contribution >= 4 is 63.8 Å². The van der Waals surface area contributed by atoms with Crippen LogP contribution in [0.1, 0.15) is 134 Å². The second-order valence-electron chi connectivity index (χ2n) is 16.2. The normalized spacial score (nSPS) is 16.4. The van der Waals surface area contributed by atoms with Crippen molar-refractivity contribution in [1.29, 1.82) is 0 Å². The van der Waals surface area contributed by atoms with Gasteiger partial charge >= 0.3 is 6.09 Å². The minimum Gasteiger partial charge on any atom is -0.445 e. The Bertz CT molecular complexity index is 1920. The first kappa shape index (κ1) is 41.9. The number of aryl methyl sites for hydroxylation is 4. The summed E-state index contributed by atoms with van der Waals surface area (Å²) in [5, 5.41) is 9.38. The first-order valence-corrected chi connectivity index (χ1v) is 21.2. The van der Waals surface area contributed by atoms with E-state index in [1.54, 1.807) is 38.3 Å². The lowest BCUT2D eigenvalue weighted by Crippen LogP contribution is -2.32. The molecule has 0 N–H and O–H groups in total. The summed E-state index contributed by atoms with van der Waals surface area (Å²) in [7, 11) is 0. The van der Waals surface area contributed by atoms with Crippen LogP contribution in [0.2, 0.25) is 8.67 Å². The fourth-order valence-corrected chi connectivity index (χ4v) is 8.96. The van der Waals surface area contributed by atoms with Gasteiger partial charge in [0.25, 0.3) is 11.8 Å². The van der Waals surface area contributed by atoms with Crippen LogP contribution in [0, 0.1) is 10.8 Å². The van der Waals surface area contributed by atoms with E-state index in [9.17, 15) is 14.4 Å². The lowest BCUT2D eigenvalue weighted by molar-refractivity contribution is 0.0737. The smallest absolute Gasteiger partial charge is 0.410 e. The number of carbonyl (C=O) groups excluding carboxylic acids is 3. The fourth-order valence-electron chi connectivity index (χ4n) is 6.79. The van der Waals surface area contributed by atoms with Crippen LogP contribution in [0.5, 0.6) is 0 Å². The standard InChI is InChI=1S/C22H28ClN3O3S.C19H25ClN2OS/c1-5-13-29-21(28)25-12-6-7-18(25)17-14-15(8-9-16-10-11-19(23)30-16)26(24-17)20(27)22(2,3)4;1-19(2,3)18(23)22-14(8-9-15-10-11-17(20)24-15)12-16(21-22)13-6-4-5-7-13/h5,10-11,14,18H,1,6-9,12-13H2,2-4H3;10-13H,4-9H2,1-3H3. The van der Waals surface area contributed by atoms with Crippen molar-refractivity contribution in [2.75, 3.05) is 13.2 Å². The van der Waals surface area contributed by atoms with Crippen LogP contribution in [0.4, 0.5) is 4.79 Å². The predicted molar refractivity (Wildman–Crippen MR) is 220 cm³/mol. The van der Waals surface area contributed by atoms with Gasteiger partial charge in [-0.1, -0.05) is 90.2 Å². The Morgan fingerprint density at radius 2 is 1.28 bits per heavy atom. The summed E-state index contributed by atoms with van der Waals surface area (Å²) in [4.78, 5) is 42.4. The second kappa shape index (κ2) is 18.1. The Hall–Kier alpha value is -3.25. The molecule has 2 aliphatic rings. The molecule has 9 nitrogen and oxygen atoms in total. The van der Waals surface area contributed by atoms with E-state index in [2.05, 4.69) is 23.8 Å². The summed E-state index contributed by atoms with van der Waals surface area (Å²) < 4.78 is 9.99. The molecule has 54 heavy (non-hydrogen) atoms. The van der Waals surface area contributed by atoms with Crippen LogP contribution in [0.3, 0.4) is 0 Å². The number of thiophene rings is 2. The van der Waals surface area contributed by atoms with Gasteiger partial charge in [-0.15, -0.1) is 22.7 Å². The number of aromatic nitrogens is 4. The average Bonchev–Trinajstić information content (AvgIpc) is 3.96. The van der Waals surface area contributed by atoms with Gasteiger partial charge in [0.15, 0.2) is 0 Å². The predicted octanol–water partition coefficient (Wildman–Crippen LogP) is 11.3. The highest BCUT2D eigenvalue weighted by Crippen LogP contribution is 2.35. The van der Waals surface area contributed by atoms with E-state index >= 15 is 0 Å². The lowest BCUT2D eigenvalue weighted by atomic mass is 9.95. The molecule has 1 unspecified atom stereocenters. The molecule has 0 radical (unpaired) electrons. The van der Waals surface area contributed by atoms with Gasteiger partial charge in [-0.25, -0.2) is 14.2 Å². The highest BCUT2D eigenvalue weighted by Gasteiger charge is 2.35. The van der Waals surface area contributed by atoms with E-state index in [-0.39, 0.29) is 30.6 Å². The van der Waals surface area contributed by atoms with E-state index in [1.165, 1.54) is 35.2 Å². The molecule has 1 atom stereocenters. The van der Waals surface area contributed by atoms with E-state index in [1.807, 2.05) is 65.8 Å². The first-order valence-electron chi connectivity index (χ1n) is 18.8. The summed E-state index contributed by atoms with van der Waals surface area (Å²) in [6.45, 7) is 15.9. The zero-order valence-corrected chi connectivity index (χ0v) is 35.5. The van der Waals surface area contributed by atoms with Crippen molar-refractivity contribution in [3.8, 4) is 0 Å². The van der Waals surface area contributed by atoms with Crippen LogP contribution in [0.25, 0.3) is 0 Å². The number of hydrogen-bond acceptors (Lipinski definition) is 8. The number of carbonyl (C=O) groups is 3. The highest BCUT2D eigenvalue weighted by molar-refractivity contribution is 7.16. The summed E-state index contributed by atoms with van der Waals surface area (Å²) in [6, 6.07) is 11.8. The van der Waals surface area contributed by atoms with Crippen molar-refractivity contribution < 1.29 is 19.1 Å². The van der Waals surface area contributed by atoms with Gasteiger partial charge < -0.3 is 4.74 Å². The molecule has 1 saturated carbocycles. The van der Waals surface area contributed by atoms with Gasteiger partial charge in [-0.05, 0) is 87.8 Å². The van der Waals surface area contributed by atoms with Crippen LogP contribution < -0.4 is 0 Å². The number of hydrogen-bond donors (Lipinski definition) is 0. The molecule has 0 spiro atoms. The molecule has 292 valence electrons. The molecule has 0 aromatic carbocycles. The molecule has 4 aromatic rings. The van der Waals surface area contributed by atoms with Gasteiger partial charge in [0, 0.05) is 44.4 Å². The van der Waals surface area contributed by atoms with Crippen LogP contribution in [0.15, 0.2) is 49.1 Å². The summed E-state index contributed by atoms with van der Waals surface area (Å²) in [6.07, 6.45) is 10.9. The fraction of sp³-hybridized carbons (Fsp3) is 0.537. The van der Waals surface area contributed by atoms with Crippen molar-refractivity contribution in [1.82, 2.24) is 24.5 Å². The number of nitrogens with zero attached hydrogens (tertiary/aromatic N) is 5. The van der Waals surface area contributed by atoms with Crippen LogP contribution in [-0.4, -0.2) is 55.5 Å². The third-order valence-electron chi connectivity index (χ3n) is 9.71. The van der Waals surface area contributed by atoms with Crippen molar-refractivity contribution in [3.63, 3.8) is 0 Å². The molecule has 4 aromatic heterocycles. The topological polar surface area (TPSA) is 99.3 Å². The summed E-state index contributed by atoms with van der Waals surface area (Å²) in [5.74, 6) is 0.534. The molecular formula is C41H53Cl2N5O4S2. The van der Waals surface area contributed by atoms with E-state index < -0.39 is 10.8 Å².